The molecule has 21 heavy (non-hydrogen) atoms. The van der Waals surface area contributed by atoms with Crippen LogP contribution in [-0.2, 0) is 20.9 Å². The van der Waals surface area contributed by atoms with Crippen LogP contribution in [0.2, 0.25) is 0 Å². The number of esters is 1. The lowest BCUT2D eigenvalue weighted by Gasteiger charge is -2.10. The highest BCUT2D eigenvalue weighted by Gasteiger charge is 2.13. The van der Waals surface area contributed by atoms with E-state index in [4.69, 9.17) is 9.47 Å². The minimum Gasteiger partial charge on any atom is -0.488 e. The van der Waals surface area contributed by atoms with Crippen LogP contribution in [0.1, 0.15) is 32.3 Å². The summed E-state index contributed by atoms with van der Waals surface area (Å²) in [6.07, 6.45) is 1.60. The standard InChI is InChI=1S/C15H20F2O4/c1-3-5-6-21-15-12(16)7-11(8-13(15)17)9-19-10-14(18)20-4-2/h7-8H,3-6,9-10H2,1-2H3. The molecule has 0 N–H and O–H groups in total. The minimum atomic E-state index is -0.777. The maximum atomic E-state index is 13.7. The van der Waals surface area contributed by atoms with Crippen LogP contribution >= 0.6 is 0 Å². The summed E-state index contributed by atoms with van der Waals surface area (Å²) in [5.41, 5.74) is 0.289. The average molecular weight is 302 g/mol. The maximum absolute atomic E-state index is 13.7. The summed E-state index contributed by atoms with van der Waals surface area (Å²) in [5, 5.41) is 0. The van der Waals surface area contributed by atoms with Crippen LogP contribution in [0.15, 0.2) is 12.1 Å². The quantitative estimate of drug-likeness (QED) is 0.519. The highest BCUT2D eigenvalue weighted by molar-refractivity contribution is 5.70. The van der Waals surface area contributed by atoms with Crippen LogP contribution in [0.5, 0.6) is 5.75 Å². The van der Waals surface area contributed by atoms with Crippen LogP contribution in [0.25, 0.3) is 0 Å². The van der Waals surface area contributed by atoms with Crippen molar-refractivity contribution in [3.63, 3.8) is 0 Å². The molecule has 0 spiro atoms. The fraction of sp³-hybridized carbons (Fsp3) is 0.533. The van der Waals surface area contributed by atoms with Gasteiger partial charge in [0.15, 0.2) is 17.4 Å². The number of halogens is 2. The molecule has 0 amide bonds. The van der Waals surface area contributed by atoms with Gasteiger partial charge in [-0.15, -0.1) is 0 Å². The van der Waals surface area contributed by atoms with Gasteiger partial charge in [-0.1, -0.05) is 13.3 Å². The molecule has 4 nitrogen and oxygen atoms in total. The molecule has 0 radical (unpaired) electrons. The summed E-state index contributed by atoms with van der Waals surface area (Å²) < 4.78 is 42.2. The Labute approximate surface area is 123 Å². The van der Waals surface area contributed by atoms with E-state index in [2.05, 4.69) is 4.74 Å². The number of ether oxygens (including phenoxy) is 3. The first kappa shape index (κ1) is 17.4. The summed E-state index contributed by atoms with van der Waals surface area (Å²) in [5.74, 6) is -2.45. The molecule has 6 heteroatoms. The Kier molecular flexibility index (Phi) is 7.68. The molecule has 0 aromatic heterocycles. The van der Waals surface area contributed by atoms with Gasteiger partial charge in [0.05, 0.1) is 19.8 Å². The summed E-state index contributed by atoms with van der Waals surface area (Å²) in [6.45, 7) is 3.83. The Hall–Kier alpha value is -1.69. The molecule has 0 atom stereocenters. The molecule has 1 rings (SSSR count). The highest BCUT2D eigenvalue weighted by Crippen LogP contribution is 2.24. The van der Waals surface area contributed by atoms with E-state index in [0.717, 1.165) is 25.0 Å². The molecule has 1 aromatic rings. The van der Waals surface area contributed by atoms with Gasteiger partial charge in [0.2, 0.25) is 0 Å². The van der Waals surface area contributed by atoms with Crippen molar-refractivity contribution >= 4 is 5.97 Å². The Morgan fingerprint density at radius 3 is 2.43 bits per heavy atom. The summed E-state index contributed by atoms with van der Waals surface area (Å²) in [6, 6.07) is 2.27. The van der Waals surface area contributed by atoms with Crippen molar-refractivity contribution < 1.29 is 27.8 Å². The molecule has 118 valence electrons. The molecule has 0 aliphatic rings. The molecule has 0 saturated heterocycles. The molecule has 0 saturated carbocycles. The van der Waals surface area contributed by atoms with E-state index in [1.807, 2.05) is 6.92 Å². The predicted molar refractivity (Wildman–Crippen MR) is 73.1 cm³/mol. The third-order valence-electron chi connectivity index (χ3n) is 2.60. The van der Waals surface area contributed by atoms with E-state index in [1.165, 1.54) is 0 Å². The summed E-state index contributed by atoms with van der Waals surface area (Å²) >= 11 is 0. The van der Waals surface area contributed by atoms with Gasteiger partial charge < -0.3 is 14.2 Å². The number of rotatable bonds is 9. The molecular formula is C15H20F2O4. The Morgan fingerprint density at radius 2 is 1.86 bits per heavy atom. The first-order valence-electron chi connectivity index (χ1n) is 6.92. The zero-order valence-electron chi connectivity index (χ0n) is 12.3. The average Bonchev–Trinajstić information content (AvgIpc) is 2.42. The second-order valence-corrected chi connectivity index (χ2v) is 4.39. The smallest absolute Gasteiger partial charge is 0.332 e. The molecule has 1 aromatic carbocycles. The monoisotopic (exact) mass is 302 g/mol. The lowest BCUT2D eigenvalue weighted by Crippen LogP contribution is -2.12. The Morgan fingerprint density at radius 1 is 1.19 bits per heavy atom. The lowest BCUT2D eigenvalue weighted by molar-refractivity contribution is -0.148. The fourth-order valence-corrected chi connectivity index (χ4v) is 1.61. The molecule has 0 unspecified atom stereocenters. The Bertz CT molecular complexity index is 440. The van der Waals surface area contributed by atoms with Crippen molar-refractivity contribution in [2.45, 2.75) is 33.3 Å². The van der Waals surface area contributed by atoms with Crippen molar-refractivity contribution in [1.82, 2.24) is 0 Å². The third kappa shape index (κ3) is 6.08. The van der Waals surface area contributed by atoms with E-state index >= 15 is 0 Å². The predicted octanol–water partition coefficient (Wildman–Crippen LogP) is 3.22. The normalized spacial score (nSPS) is 10.5. The summed E-state index contributed by atoms with van der Waals surface area (Å²) in [4.78, 5) is 11.1. The minimum absolute atomic E-state index is 0.0815. The van der Waals surface area contributed by atoms with E-state index in [-0.39, 0.29) is 37.7 Å². The zero-order valence-corrected chi connectivity index (χ0v) is 12.3. The van der Waals surface area contributed by atoms with Crippen molar-refractivity contribution in [3.05, 3.63) is 29.3 Å². The number of carbonyl (C=O) groups excluding carboxylic acids is 1. The van der Waals surface area contributed by atoms with Gasteiger partial charge in [-0.2, -0.15) is 0 Å². The Balaban J connectivity index is 2.55. The number of hydrogen-bond acceptors (Lipinski definition) is 4. The number of carbonyl (C=O) groups is 1. The van der Waals surface area contributed by atoms with E-state index in [9.17, 15) is 13.6 Å². The highest BCUT2D eigenvalue weighted by atomic mass is 19.1. The first-order chi connectivity index (χ1) is 10.1. The maximum Gasteiger partial charge on any atom is 0.332 e. The van der Waals surface area contributed by atoms with Crippen molar-refractivity contribution in [2.24, 2.45) is 0 Å². The van der Waals surface area contributed by atoms with E-state index < -0.39 is 17.6 Å². The second kappa shape index (κ2) is 9.28. The lowest BCUT2D eigenvalue weighted by atomic mass is 10.2. The van der Waals surface area contributed by atoms with Gasteiger partial charge in [0, 0.05) is 0 Å². The van der Waals surface area contributed by atoms with Crippen LogP contribution in [-0.4, -0.2) is 25.8 Å². The van der Waals surface area contributed by atoms with Crippen LogP contribution in [0.3, 0.4) is 0 Å². The van der Waals surface area contributed by atoms with Gasteiger partial charge in [-0.05, 0) is 31.0 Å². The van der Waals surface area contributed by atoms with Gasteiger partial charge >= 0.3 is 5.97 Å². The largest absolute Gasteiger partial charge is 0.488 e. The SMILES string of the molecule is CCCCOc1c(F)cc(COCC(=O)OCC)cc1F. The molecule has 0 bridgehead atoms. The number of unbranched alkanes of at least 4 members (excludes halogenated alkanes) is 1. The van der Waals surface area contributed by atoms with E-state index in [0.29, 0.717) is 0 Å². The summed E-state index contributed by atoms with van der Waals surface area (Å²) in [7, 11) is 0. The topological polar surface area (TPSA) is 44.8 Å². The van der Waals surface area contributed by atoms with Crippen molar-refractivity contribution in [1.29, 1.82) is 0 Å². The fourth-order valence-electron chi connectivity index (χ4n) is 1.61. The van der Waals surface area contributed by atoms with Crippen molar-refractivity contribution in [3.8, 4) is 5.75 Å². The van der Waals surface area contributed by atoms with Crippen LogP contribution in [0.4, 0.5) is 8.78 Å². The first-order valence-corrected chi connectivity index (χ1v) is 6.92. The molecule has 0 aliphatic heterocycles. The number of hydrogen-bond donors (Lipinski definition) is 0. The van der Waals surface area contributed by atoms with Gasteiger partial charge in [0.25, 0.3) is 0 Å². The molecule has 0 fully saturated rings. The molecule has 0 heterocycles. The molecule has 0 aliphatic carbocycles. The van der Waals surface area contributed by atoms with Crippen molar-refractivity contribution in [2.75, 3.05) is 19.8 Å². The van der Waals surface area contributed by atoms with Crippen LogP contribution in [0, 0.1) is 11.6 Å². The molecular weight excluding hydrogens is 282 g/mol. The third-order valence-corrected chi connectivity index (χ3v) is 2.60. The second-order valence-electron chi connectivity index (χ2n) is 4.39. The van der Waals surface area contributed by atoms with Crippen LogP contribution < -0.4 is 4.74 Å². The van der Waals surface area contributed by atoms with E-state index in [1.54, 1.807) is 6.92 Å². The van der Waals surface area contributed by atoms with Gasteiger partial charge in [-0.25, -0.2) is 13.6 Å². The zero-order chi connectivity index (χ0) is 15.7. The van der Waals surface area contributed by atoms with Gasteiger partial charge in [0.1, 0.15) is 6.61 Å². The number of benzene rings is 1. The van der Waals surface area contributed by atoms with Gasteiger partial charge in [-0.3, -0.25) is 0 Å².